The highest BCUT2D eigenvalue weighted by Crippen LogP contribution is 2.18. The summed E-state index contributed by atoms with van der Waals surface area (Å²) < 4.78 is 5.13. The third-order valence-electron chi connectivity index (χ3n) is 2.62. The molecular formula is C16H22N3O+. The SMILES string of the molecule is C=CC=C(C=C[NH2+]C)C=NN(C)c1ccc(OC)cc1. The van der Waals surface area contributed by atoms with E-state index in [9.17, 15) is 0 Å². The zero-order valence-electron chi connectivity index (χ0n) is 12.3. The van der Waals surface area contributed by atoms with Gasteiger partial charge in [0.15, 0.2) is 0 Å². The Hall–Kier alpha value is -2.33. The van der Waals surface area contributed by atoms with Gasteiger partial charge in [-0.15, -0.1) is 0 Å². The number of allylic oxidation sites excluding steroid dienone is 4. The molecule has 0 aliphatic rings. The van der Waals surface area contributed by atoms with Crippen molar-refractivity contribution in [2.24, 2.45) is 5.10 Å². The van der Waals surface area contributed by atoms with Crippen LogP contribution in [-0.4, -0.2) is 27.4 Å². The third kappa shape index (κ3) is 5.12. The highest BCUT2D eigenvalue weighted by atomic mass is 16.5. The smallest absolute Gasteiger partial charge is 0.119 e. The quantitative estimate of drug-likeness (QED) is 0.468. The lowest BCUT2D eigenvalue weighted by Crippen LogP contribution is -2.72. The van der Waals surface area contributed by atoms with Gasteiger partial charge < -0.3 is 10.1 Å². The minimum Gasteiger partial charge on any atom is -0.497 e. The standard InChI is InChI=1S/C16H21N3O/c1-5-6-14(11-12-17-2)13-18-19(3)15-7-9-16(20-4)10-8-15/h5-13,17H,1H2,2-4H3/p+1. The van der Waals surface area contributed by atoms with Gasteiger partial charge in [-0.25, -0.2) is 0 Å². The van der Waals surface area contributed by atoms with E-state index in [-0.39, 0.29) is 0 Å². The van der Waals surface area contributed by atoms with E-state index >= 15 is 0 Å². The molecule has 20 heavy (non-hydrogen) atoms. The molecule has 2 N–H and O–H groups in total. The van der Waals surface area contributed by atoms with Gasteiger partial charge in [0.2, 0.25) is 0 Å². The molecule has 0 heterocycles. The van der Waals surface area contributed by atoms with E-state index in [4.69, 9.17) is 4.74 Å². The number of nitrogens with zero attached hydrogens (tertiary/aromatic N) is 2. The number of ether oxygens (including phenoxy) is 1. The Morgan fingerprint density at radius 2 is 2.05 bits per heavy atom. The van der Waals surface area contributed by atoms with Crippen LogP contribution in [0.3, 0.4) is 0 Å². The number of quaternary nitrogens is 1. The molecule has 0 atom stereocenters. The molecule has 0 radical (unpaired) electrons. The summed E-state index contributed by atoms with van der Waals surface area (Å²) in [5, 5.41) is 8.18. The molecule has 0 aliphatic heterocycles. The van der Waals surface area contributed by atoms with Gasteiger partial charge in [0.05, 0.1) is 32.3 Å². The van der Waals surface area contributed by atoms with Gasteiger partial charge in [0.1, 0.15) is 5.75 Å². The molecule has 0 amide bonds. The van der Waals surface area contributed by atoms with Crippen molar-refractivity contribution in [1.82, 2.24) is 0 Å². The lowest BCUT2D eigenvalue weighted by Gasteiger charge is -2.13. The van der Waals surface area contributed by atoms with E-state index in [1.165, 1.54) is 0 Å². The molecule has 0 saturated carbocycles. The van der Waals surface area contributed by atoms with Crippen molar-refractivity contribution >= 4 is 11.9 Å². The van der Waals surface area contributed by atoms with Crippen LogP contribution < -0.4 is 15.1 Å². The summed E-state index contributed by atoms with van der Waals surface area (Å²) in [6, 6.07) is 7.74. The van der Waals surface area contributed by atoms with Gasteiger partial charge >= 0.3 is 0 Å². The maximum atomic E-state index is 5.13. The van der Waals surface area contributed by atoms with Crippen LogP contribution in [0.1, 0.15) is 0 Å². The second kappa shape index (κ2) is 8.72. The number of benzene rings is 1. The summed E-state index contributed by atoms with van der Waals surface area (Å²) in [6.07, 6.45) is 9.40. The first-order valence-corrected chi connectivity index (χ1v) is 6.41. The molecule has 1 aromatic carbocycles. The van der Waals surface area contributed by atoms with Crippen LogP contribution in [0.25, 0.3) is 0 Å². The maximum Gasteiger partial charge on any atom is 0.119 e. The first-order chi connectivity index (χ1) is 9.71. The number of rotatable bonds is 7. The van der Waals surface area contributed by atoms with E-state index in [1.54, 1.807) is 24.4 Å². The van der Waals surface area contributed by atoms with Crippen molar-refractivity contribution in [1.29, 1.82) is 0 Å². The Morgan fingerprint density at radius 1 is 1.35 bits per heavy atom. The average molecular weight is 272 g/mol. The summed E-state index contributed by atoms with van der Waals surface area (Å²) >= 11 is 0. The Bertz CT molecular complexity index is 501. The van der Waals surface area contributed by atoms with Gasteiger partial charge in [-0.1, -0.05) is 18.7 Å². The summed E-state index contributed by atoms with van der Waals surface area (Å²) in [7, 11) is 5.53. The minimum absolute atomic E-state index is 0.833. The van der Waals surface area contributed by atoms with Gasteiger partial charge in [-0.3, -0.25) is 5.01 Å². The van der Waals surface area contributed by atoms with Gasteiger partial charge in [0.25, 0.3) is 0 Å². The van der Waals surface area contributed by atoms with Crippen LogP contribution in [-0.2, 0) is 0 Å². The fraction of sp³-hybridized carbons (Fsp3) is 0.188. The lowest BCUT2D eigenvalue weighted by molar-refractivity contribution is -0.556. The summed E-state index contributed by atoms with van der Waals surface area (Å²) in [5.41, 5.74) is 1.98. The number of anilines is 1. The van der Waals surface area contributed by atoms with E-state index < -0.39 is 0 Å². The molecule has 4 nitrogen and oxygen atoms in total. The first kappa shape index (κ1) is 15.7. The number of hydrogen-bond donors (Lipinski definition) is 1. The molecule has 0 bridgehead atoms. The summed E-state index contributed by atoms with van der Waals surface area (Å²) in [4.78, 5) is 0. The Balaban J connectivity index is 2.78. The molecule has 0 spiro atoms. The summed E-state index contributed by atoms with van der Waals surface area (Å²) in [5.74, 6) is 0.833. The second-order valence-corrected chi connectivity index (χ2v) is 4.06. The van der Waals surface area contributed by atoms with Crippen molar-refractivity contribution in [2.45, 2.75) is 0 Å². The predicted octanol–water partition coefficient (Wildman–Crippen LogP) is 1.94. The van der Waals surface area contributed by atoms with Crippen molar-refractivity contribution < 1.29 is 10.1 Å². The Morgan fingerprint density at radius 3 is 2.60 bits per heavy atom. The van der Waals surface area contributed by atoms with Crippen molar-refractivity contribution in [3.63, 3.8) is 0 Å². The van der Waals surface area contributed by atoms with Crippen LogP contribution in [0.15, 0.2) is 65.9 Å². The van der Waals surface area contributed by atoms with Crippen molar-refractivity contribution in [3.05, 3.63) is 60.8 Å². The average Bonchev–Trinajstić information content (AvgIpc) is 2.49. The fourth-order valence-corrected chi connectivity index (χ4v) is 1.50. The van der Waals surface area contributed by atoms with E-state index in [1.807, 2.05) is 62.0 Å². The molecule has 0 fully saturated rings. The molecule has 0 saturated heterocycles. The highest BCUT2D eigenvalue weighted by Gasteiger charge is 1.98. The van der Waals surface area contributed by atoms with Crippen LogP contribution in [0.4, 0.5) is 5.69 Å². The van der Waals surface area contributed by atoms with E-state index in [2.05, 4.69) is 11.7 Å². The largest absolute Gasteiger partial charge is 0.497 e. The molecule has 1 rings (SSSR count). The Labute approximate surface area is 120 Å². The number of nitrogens with two attached hydrogens (primary N) is 1. The molecule has 0 aromatic heterocycles. The van der Waals surface area contributed by atoms with E-state index in [0.717, 1.165) is 17.0 Å². The molecule has 4 heteroatoms. The third-order valence-corrected chi connectivity index (χ3v) is 2.62. The molecule has 0 aliphatic carbocycles. The second-order valence-electron chi connectivity index (χ2n) is 4.06. The minimum atomic E-state index is 0.833. The van der Waals surface area contributed by atoms with Crippen LogP contribution in [0.5, 0.6) is 5.75 Å². The van der Waals surface area contributed by atoms with Gasteiger partial charge in [-0.05, 0) is 29.8 Å². The zero-order valence-corrected chi connectivity index (χ0v) is 12.3. The number of methoxy groups -OCH3 is 1. The zero-order chi connectivity index (χ0) is 14.8. The van der Waals surface area contributed by atoms with Crippen LogP contribution >= 0.6 is 0 Å². The maximum absolute atomic E-state index is 5.13. The predicted molar refractivity (Wildman–Crippen MR) is 85.2 cm³/mol. The topological polar surface area (TPSA) is 41.4 Å². The van der Waals surface area contributed by atoms with Crippen molar-refractivity contribution in [3.8, 4) is 5.75 Å². The van der Waals surface area contributed by atoms with E-state index in [0.29, 0.717) is 0 Å². The number of hydrogen-bond acceptors (Lipinski definition) is 3. The monoisotopic (exact) mass is 272 g/mol. The normalized spacial score (nSPS) is 12.1. The molecule has 106 valence electrons. The van der Waals surface area contributed by atoms with Crippen LogP contribution in [0.2, 0.25) is 0 Å². The Kier molecular flexibility index (Phi) is 6.85. The van der Waals surface area contributed by atoms with Gasteiger partial charge in [-0.2, -0.15) is 5.10 Å². The first-order valence-electron chi connectivity index (χ1n) is 6.41. The van der Waals surface area contributed by atoms with Gasteiger partial charge in [0, 0.05) is 13.1 Å². The highest BCUT2D eigenvalue weighted by molar-refractivity contribution is 5.83. The molecule has 0 unspecified atom stereocenters. The van der Waals surface area contributed by atoms with Crippen molar-refractivity contribution in [2.75, 3.05) is 26.2 Å². The van der Waals surface area contributed by atoms with Crippen LogP contribution in [0, 0.1) is 0 Å². The molecular weight excluding hydrogens is 250 g/mol. The lowest BCUT2D eigenvalue weighted by atomic mass is 10.2. The fourth-order valence-electron chi connectivity index (χ4n) is 1.50. The number of hydrazone groups is 1. The summed E-state index contributed by atoms with van der Waals surface area (Å²) in [6.45, 7) is 3.70. The molecule has 1 aromatic rings.